The van der Waals surface area contributed by atoms with E-state index < -0.39 is 5.82 Å². The van der Waals surface area contributed by atoms with Crippen molar-refractivity contribution in [3.8, 4) is 11.8 Å². The number of nitrogens with one attached hydrogen (secondary N) is 1. The van der Waals surface area contributed by atoms with Crippen molar-refractivity contribution in [1.82, 2.24) is 24.7 Å². The molecule has 2 aliphatic rings. The minimum Gasteiger partial charge on any atom is -0.424 e. The van der Waals surface area contributed by atoms with Crippen molar-refractivity contribution in [2.24, 2.45) is 11.8 Å². The SMILES string of the molecule is C=Cn1nc(NC2C3CCC2CN(c2cc(C)ncn2)C3)nc1Oc1ccc(F)c(Cl)c1. The maximum absolute atomic E-state index is 13.4. The van der Waals surface area contributed by atoms with Crippen molar-refractivity contribution in [1.29, 1.82) is 0 Å². The van der Waals surface area contributed by atoms with E-state index >= 15 is 0 Å². The lowest BCUT2D eigenvalue weighted by Crippen LogP contribution is -2.48. The van der Waals surface area contributed by atoms with Crippen LogP contribution in [0, 0.1) is 24.6 Å². The van der Waals surface area contributed by atoms with Crippen LogP contribution in [0.5, 0.6) is 11.8 Å². The maximum atomic E-state index is 13.4. The summed E-state index contributed by atoms with van der Waals surface area (Å²) in [6.45, 7) is 7.59. The zero-order valence-electron chi connectivity index (χ0n) is 17.6. The molecule has 1 saturated heterocycles. The van der Waals surface area contributed by atoms with Crippen LogP contribution in [-0.4, -0.2) is 43.9 Å². The number of piperidine rings is 1. The van der Waals surface area contributed by atoms with Crippen LogP contribution < -0.4 is 15.0 Å². The second-order valence-electron chi connectivity index (χ2n) is 8.21. The highest BCUT2D eigenvalue weighted by molar-refractivity contribution is 6.30. The predicted octanol–water partition coefficient (Wildman–Crippen LogP) is 4.39. The molecule has 1 aliphatic heterocycles. The first-order chi connectivity index (χ1) is 15.5. The average Bonchev–Trinajstić information content (AvgIpc) is 3.25. The maximum Gasteiger partial charge on any atom is 0.326 e. The Kier molecular flexibility index (Phi) is 5.42. The number of hydrogen-bond donors (Lipinski definition) is 1. The van der Waals surface area contributed by atoms with E-state index in [2.05, 4.69) is 36.8 Å². The van der Waals surface area contributed by atoms with E-state index in [0.29, 0.717) is 23.5 Å². The molecule has 0 amide bonds. The Balaban J connectivity index is 1.30. The van der Waals surface area contributed by atoms with Gasteiger partial charge in [-0.25, -0.2) is 14.4 Å². The molecule has 8 nitrogen and oxygen atoms in total. The topological polar surface area (TPSA) is 81.0 Å². The van der Waals surface area contributed by atoms with Crippen LogP contribution in [0.25, 0.3) is 6.20 Å². The number of ether oxygens (including phenoxy) is 1. The van der Waals surface area contributed by atoms with E-state index in [1.807, 2.05) is 13.0 Å². The number of aryl methyl sites for hydroxylation is 1. The van der Waals surface area contributed by atoms with Crippen molar-refractivity contribution in [2.75, 3.05) is 23.3 Å². The Bertz CT molecular complexity index is 1140. The van der Waals surface area contributed by atoms with Crippen LogP contribution in [0.3, 0.4) is 0 Å². The summed E-state index contributed by atoms with van der Waals surface area (Å²) >= 11 is 5.85. The molecule has 166 valence electrons. The van der Waals surface area contributed by atoms with Gasteiger partial charge in [-0.15, -0.1) is 5.10 Å². The minimum absolute atomic E-state index is 0.0206. The monoisotopic (exact) mass is 455 g/mol. The van der Waals surface area contributed by atoms with Crippen molar-refractivity contribution in [3.05, 3.63) is 53.7 Å². The summed E-state index contributed by atoms with van der Waals surface area (Å²) in [7, 11) is 0. The predicted molar refractivity (Wildman–Crippen MR) is 120 cm³/mol. The van der Waals surface area contributed by atoms with E-state index in [-0.39, 0.29) is 17.1 Å². The number of benzene rings is 1. The van der Waals surface area contributed by atoms with E-state index in [0.717, 1.165) is 37.4 Å². The summed E-state index contributed by atoms with van der Waals surface area (Å²) in [5, 5.41) is 7.95. The molecule has 5 rings (SSSR count). The van der Waals surface area contributed by atoms with Gasteiger partial charge in [-0.3, -0.25) is 0 Å². The normalized spacial score (nSPS) is 22.1. The van der Waals surface area contributed by atoms with Crippen molar-refractivity contribution >= 4 is 29.6 Å². The van der Waals surface area contributed by atoms with Gasteiger partial charge in [0.25, 0.3) is 0 Å². The molecule has 2 fully saturated rings. The summed E-state index contributed by atoms with van der Waals surface area (Å²) in [6.07, 6.45) is 5.41. The fraction of sp³-hybridized carbons (Fsp3) is 0.364. The quantitative estimate of drug-likeness (QED) is 0.590. The number of rotatable bonds is 6. The minimum atomic E-state index is -0.509. The summed E-state index contributed by atoms with van der Waals surface area (Å²) in [5.41, 5.74) is 0.969. The van der Waals surface area contributed by atoms with Gasteiger partial charge in [-0.05, 0) is 43.7 Å². The average molecular weight is 456 g/mol. The first kappa shape index (κ1) is 20.7. The molecule has 2 aromatic heterocycles. The van der Waals surface area contributed by atoms with Crippen LogP contribution in [-0.2, 0) is 0 Å². The van der Waals surface area contributed by atoms with Crippen molar-refractivity contribution < 1.29 is 9.13 Å². The van der Waals surface area contributed by atoms with Gasteiger partial charge in [0.05, 0.1) is 5.02 Å². The molecule has 0 spiro atoms. The second-order valence-corrected chi connectivity index (χ2v) is 8.62. The van der Waals surface area contributed by atoms with Crippen LogP contribution in [0.1, 0.15) is 18.5 Å². The number of hydrogen-bond acceptors (Lipinski definition) is 7. The molecule has 1 N–H and O–H groups in total. The fourth-order valence-corrected chi connectivity index (χ4v) is 4.78. The largest absolute Gasteiger partial charge is 0.424 e. The number of anilines is 2. The molecular weight excluding hydrogens is 433 g/mol. The van der Waals surface area contributed by atoms with Crippen LogP contribution >= 0.6 is 11.6 Å². The first-order valence-electron chi connectivity index (χ1n) is 10.5. The van der Waals surface area contributed by atoms with Gasteiger partial charge in [0.1, 0.15) is 23.7 Å². The molecule has 2 bridgehead atoms. The lowest BCUT2D eigenvalue weighted by molar-refractivity contribution is 0.374. The lowest BCUT2D eigenvalue weighted by Gasteiger charge is -2.38. The van der Waals surface area contributed by atoms with E-state index in [1.54, 1.807) is 6.33 Å². The Morgan fingerprint density at radius 1 is 1.22 bits per heavy atom. The molecule has 32 heavy (non-hydrogen) atoms. The van der Waals surface area contributed by atoms with E-state index in [1.165, 1.54) is 29.1 Å². The third-order valence-corrected chi connectivity index (χ3v) is 6.41. The Morgan fingerprint density at radius 2 is 2.00 bits per heavy atom. The molecule has 2 unspecified atom stereocenters. The fourth-order valence-electron chi connectivity index (χ4n) is 4.61. The molecule has 0 radical (unpaired) electrons. The molecule has 2 atom stereocenters. The van der Waals surface area contributed by atoms with Crippen molar-refractivity contribution in [2.45, 2.75) is 25.8 Å². The Morgan fingerprint density at radius 3 is 2.69 bits per heavy atom. The lowest BCUT2D eigenvalue weighted by atomic mass is 9.92. The van der Waals surface area contributed by atoms with Gasteiger partial charge in [-0.1, -0.05) is 18.2 Å². The first-order valence-corrected chi connectivity index (χ1v) is 10.9. The molecule has 1 aromatic carbocycles. The van der Waals surface area contributed by atoms with Gasteiger partial charge in [0, 0.05) is 43.2 Å². The summed E-state index contributed by atoms with van der Waals surface area (Å²) in [5.74, 6) is 2.23. The van der Waals surface area contributed by atoms with Gasteiger partial charge < -0.3 is 15.0 Å². The van der Waals surface area contributed by atoms with Gasteiger partial charge in [0.2, 0.25) is 5.95 Å². The number of halogens is 2. The number of aromatic nitrogens is 5. The second kappa shape index (κ2) is 8.38. The summed E-state index contributed by atoms with van der Waals surface area (Å²) in [6, 6.07) is 6.66. The van der Waals surface area contributed by atoms with E-state index in [4.69, 9.17) is 16.3 Å². The third kappa shape index (κ3) is 4.00. The summed E-state index contributed by atoms with van der Waals surface area (Å²) in [4.78, 5) is 15.5. The molecule has 1 saturated carbocycles. The molecular formula is C22H23ClFN7O. The number of fused-ring (bicyclic) bond motifs is 2. The Labute approximate surface area is 190 Å². The standard InChI is InChI=1S/C22H23ClFN7O/c1-3-31-22(32-16-6-7-18(24)17(23)9-16)28-21(29-31)27-20-14-4-5-15(20)11-30(10-14)19-8-13(2)25-12-26-19/h3,6-9,12,14-15,20H,1,4-5,10-11H2,2H3,(H,27,29). The third-order valence-electron chi connectivity index (χ3n) is 6.12. The molecule has 1 aliphatic carbocycles. The smallest absolute Gasteiger partial charge is 0.326 e. The van der Waals surface area contributed by atoms with Crippen molar-refractivity contribution in [3.63, 3.8) is 0 Å². The zero-order valence-corrected chi connectivity index (χ0v) is 18.3. The Hall–Kier alpha value is -3.20. The molecule has 3 heterocycles. The highest BCUT2D eigenvalue weighted by Crippen LogP contribution is 2.40. The van der Waals surface area contributed by atoms with Crippen LogP contribution in [0.4, 0.5) is 16.2 Å². The number of nitrogens with zero attached hydrogens (tertiary/aromatic N) is 6. The van der Waals surface area contributed by atoms with E-state index in [9.17, 15) is 4.39 Å². The zero-order chi connectivity index (χ0) is 22.2. The highest BCUT2D eigenvalue weighted by atomic mass is 35.5. The van der Waals surface area contributed by atoms with Gasteiger partial charge in [0.15, 0.2) is 0 Å². The highest BCUT2D eigenvalue weighted by Gasteiger charge is 2.43. The van der Waals surface area contributed by atoms with Crippen LogP contribution in [0.15, 0.2) is 37.2 Å². The van der Waals surface area contributed by atoms with Crippen LogP contribution in [0.2, 0.25) is 5.02 Å². The molecule has 10 heteroatoms. The molecule has 3 aromatic rings. The van der Waals surface area contributed by atoms with Gasteiger partial charge >= 0.3 is 6.01 Å². The van der Waals surface area contributed by atoms with Gasteiger partial charge in [-0.2, -0.15) is 9.67 Å². The summed E-state index contributed by atoms with van der Waals surface area (Å²) < 4.78 is 20.6.